The minimum Gasteiger partial charge on any atom is -0.496 e. The first kappa shape index (κ1) is 20.7. The van der Waals surface area contributed by atoms with Crippen molar-refractivity contribution in [3.8, 4) is 5.75 Å². The summed E-state index contributed by atoms with van der Waals surface area (Å²) >= 11 is 6.27. The lowest BCUT2D eigenvalue weighted by Gasteiger charge is -2.08. The standard InChI is InChI=1S/C23H24ClN3O2/c1-16-20(17(2)27(26-16)15-19-9-4-6-10-21(19)24)12-13-23(28)25-14-18-8-5-7-11-22(18)29-3/h4-13H,14-15H2,1-3H3,(H,25,28)/b13-12+. The average Bonchev–Trinajstić information content (AvgIpc) is 2.99. The molecule has 1 amide bonds. The maximum absolute atomic E-state index is 12.3. The highest BCUT2D eigenvalue weighted by Crippen LogP contribution is 2.20. The fraction of sp³-hybridized carbons (Fsp3) is 0.217. The topological polar surface area (TPSA) is 56.1 Å². The largest absolute Gasteiger partial charge is 0.496 e. The van der Waals surface area contributed by atoms with E-state index in [4.69, 9.17) is 16.3 Å². The molecule has 1 N–H and O–H groups in total. The lowest BCUT2D eigenvalue weighted by molar-refractivity contribution is -0.116. The van der Waals surface area contributed by atoms with Crippen LogP contribution in [0.25, 0.3) is 6.08 Å². The van der Waals surface area contributed by atoms with Crippen molar-refractivity contribution in [1.82, 2.24) is 15.1 Å². The molecule has 5 nitrogen and oxygen atoms in total. The van der Waals surface area contributed by atoms with Crippen LogP contribution >= 0.6 is 11.6 Å². The summed E-state index contributed by atoms with van der Waals surface area (Å²) in [5.74, 6) is 0.581. The molecule has 0 radical (unpaired) electrons. The van der Waals surface area contributed by atoms with E-state index in [1.54, 1.807) is 13.2 Å². The summed E-state index contributed by atoms with van der Waals surface area (Å²) in [6.07, 6.45) is 3.34. The fourth-order valence-corrected chi connectivity index (χ4v) is 3.34. The second-order valence-corrected chi connectivity index (χ2v) is 7.10. The Kier molecular flexibility index (Phi) is 6.73. The first-order valence-corrected chi connectivity index (χ1v) is 9.72. The number of benzene rings is 2. The molecule has 1 heterocycles. The molecule has 0 aliphatic heterocycles. The number of carbonyl (C=O) groups excluding carboxylic acids is 1. The smallest absolute Gasteiger partial charge is 0.244 e. The van der Waals surface area contributed by atoms with Crippen molar-refractivity contribution in [2.24, 2.45) is 0 Å². The fourth-order valence-electron chi connectivity index (χ4n) is 3.14. The number of carbonyl (C=O) groups is 1. The Morgan fingerprint density at radius 1 is 1.14 bits per heavy atom. The van der Waals surface area contributed by atoms with Crippen LogP contribution in [0, 0.1) is 13.8 Å². The van der Waals surface area contributed by atoms with E-state index < -0.39 is 0 Å². The number of methoxy groups -OCH3 is 1. The minimum absolute atomic E-state index is 0.173. The number of nitrogens with one attached hydrogen (secondary N) is 1. The van der Waals surface area contributed by atoms with Gasteiger partial charge in [-0.05, 0) is 37.6 Å². The Morgan fingerprint density at radius 2 is 1.83 bits per heavy atom. The Bertz CT molecular complexity index is 1040. The van der Waals surface area contributed by atoms with Crippen molar-refractivity contribution in [2.45, 2.75) is 26.9 Å². The van der Waals surface area contributed by atoms with E-state index in [0.717, 1.165) is 33.8 Å². The maximum Gasteiger partial charge on any atom is 0.244 e. The number of rotatable bonds is 7. The van der Waals surface area contributed by atoms with E-state index in [1.165, 1.54) is 6.08 Å². The molecule has 0 aliphatic carbocycles. The highest BCUT2D eigenvalue weighted by molar-refractivity contribution is 6.31. The van der Waals surface area contributed by atoms with Gasteiger partial charge >= 0.3 is 0 Å². The number of nitrogens with zero attached hydrogens (tertiary/aromatic N) is 2. The van der Waals surface area contributed by atoms with Gasteiger partial charge in [0.1, 0.15) is 5.75 Å². The average molecular weight is 410 g/mol. The number of aromatic nitrogens is 2. The molecule has 6 heteroatoms. The Hall–Kier alpha value is -3.05. The Morgan fingerprint density at radius 3 is 2.55 bits per heavy atom. The van der Waals surface area contributed by atoms with Crippen molar-refractivity contribution in [1.29, 1.82) is 0 Å². The van der Waals surface area contributed by atoms with Gasteiger partial charge in [-0.25, -0.2) is 0 Å². The molecule has 0 atom stereocenters. The number of para-hydroxylation sites is 1. The summed E-state index contributed by atoms with van der Waals surface area (Å²) in [4.78, 5) is 12.3. The SMILES string of the molecule is COc1ccccc1CNC(=O)/C=C/c1c(C)nn(Cc2ccccc2Cl)c1C. The van der Waals surface area contributed by atoms with Gasteiger partial charge < -0.3 is 10.1 Å². The molecule has 3 aromatic rings. The molecule has 1 aromatic heterocycles. The highest BCUT2D eigenvalue weighted by Gasteiger charge is 2.11. The lowest BCUT2D eigenvalue weighted by atomic mass is 10.1. The molecule has 0 bridgehead atoms. The normalized spacial score (nSPS) is 11.0. The molecule has 0 aliphatic rings. The molecular formula is C23H24ClN3O2. The van der Waals surface area contributed by atoms with Crippen LogP contribution in [0.2, 0.25) is 5.02 Å². The summed E-state index contributed by atoms with van der Waals surface area (Å²) in [5.41, 5.74) is 4.71. The van der Waals surface area contributed by atoms with Crippen LogP contribution in [-0.4, -0.2) is 22.8 Å². The summed E-state index contributed by atoms with van der Waals surface area (Å²) < 4.78 is 7.21. The van der Waals surface area contributed by atoms with Crippen molar-refractivity contribution >= 4 is 23.6 Å². The maximum atomic E-state index is 12.3. The summed E-state index contributed by atoms with van der Waals surface area (Å²) in [6, 6.07) is 15.3. The number of amides is 1. The molecular weight excluding hydrogens is 386 g/mol. The molecule has 0 unspecified atom stereocenters. The van der Waals surface area contributed by atoms with Gasteiger partial charge in [0.2, 0.25) is 5.91 Å². The van der Waals surface area contributed by atoms with Gasteiger partial charge in [0.05, 0.1) is 19.3 Å². The van der Waals surface area contributed by atoms with Crippen LogP contribution < -0.4 is 10.1 Å². The Balaban J connectivity index is 1.68. The van der Waals surface area contributed by atoms with E-state index >= 15 is 0 Å². The van der Waals surface area contributed by atoms with Crippen molar-refractivity contribution < 1.29 is 9.53 Å². The first-order valence-electron chi connectivity index (χ1n) is 9.34. The summed E-state index contributed by atoms with van der Waals surface area (Å²) in [7, 11) is 1.62. The van der Waals surface area contributed by atoms with Gasteiger partial charge in [-0.1, -0.05) is 48.0 Å². The van der Waals surface area contributed by atoms with Gasteiger partial charge in [0.25, 0.3) is 0 Å². The van der Waals surface area contributed by atoms with Gasteiger partial charge in [0.15, 0.2) is 0 Å². The zero-order valence-corrected chi connectivity index (χ0v) is 17.5. The van der Waals surface area contributed by atoms with Crippen LogP contribution in [0.15, 0.2) is 54.6 Å². The number of hydrogen-bond donors (Lipinski definition) is 1. The highest BCUT2D eigenvalue weighted by atomic mass is 35.5. The van der Waals surface area contributed by atoms with Crippen molar-refractivity contribution in [2.75, 3.05) is 7.11 Å². The zero-order chi connectivity index (χ0) is 20.8. The van der Waals surface area contributed by atoms with E-state index in [0.29, 0.717) is 18.1 Å². The van der Waals surface area contributed by atoms with Crippen molar-refractivity contribution in [3.05, 3.63) is 87.7 Å². The summed E-state index contributed by atoms with van der Waals surface area (Å²) in [5, 5.41) is 8.20. The first-order chi connectivity index (χ1) is 14.0. The van der Waals surface area contributed by atoms with Gasteiger partial charge in [-0.3, -0.25) is 9.48 Å². The lowest BCUT2D eigenvalue weighted by Crippen LogP contribution is -2.20. The molecule has 0 spiro atoms. The monoisotopic (exact) mass is 409 g/mol. The predicted molar refractivity (Wildman–Crippen MR) is 116 cm³/mol. The van der Waals surface area contributed by atoms with Gasteiger partial charge in [-0.15, -0.1) is 0 Å². The van der Waals surface area contributed by atoms with E-state index in [-0.39, 0.29) is 5.91 Å². The molecule has 0 saturated carbocycles. The second-order valence-electron chi connectivity index (χ2n) is 6.70. The van der Waals surface area contributed by atoms with Crippen molar-refractivity contribution in [3.63, 3.8) is 0 Å². The molecule has 0 saturated heterocycles. The molecule has 0 fully saturated rings. The van der Waals surface area contributed by atoms with Crippen LogP contribution in [0.5, 0.6) is 5.75 Å². The molecule has 2 aromatic carbocycles. The molecule has 3 rings (SSSR count). The molecule has 29 heavy (non-hydrogen) atoms. The van der Waals surface area contributed by atoms with E-state index in [1.807, 2.05) is 67.1 Å². The van der Waals surface area contributed by atoms with E-state index in [9.17, 15) is 4.79 Å². The third-order valence-electron chi connectivity index (χ3n) is 4.76. The molecule has 150 valence electrons. The number of hydrogen-bond acceptors (Lipinski definition) is 3. The quantitative estimate of drug-likeness (QED) is 0.583. The van der Waals surface area contributed by atoms with Crippen LogP contribution in [-0.2, 0) is 17.9 Å². The van der Waals surface area contributed by atoms with Crippen LogP contribution in [0.1, 0.15) is 28.1 Å². The second kappa shape index (κ2) is 9.43. The minimum atomic E-state index is -0.173. The van der Waals surface area contributed by atoms with E-state index in [2.05, 4.69) is 10.4 Å². The Labute approximate surface area is 176 Å². The van der Waals surface area contributed by atoms with Gasteiger partial charge in [0, 0.05) is 34.5 Å². The van der Waals surface area contributed by atoms with Crippen LogP contribution in [0.3, 0.4) is 0 Å². The third kappa shape index (κ3) is 5.06. The number of aryl methyl sites for hydroxylation is 1. The van der Waals surface area contributed by atoms with Gasteiger partial charge in [-0.2, -0.15) is 5.10 Å². The number of halogens is 1. The zero-order valence-electron chi connectivity index (χ0n) is 16.8. The third-order valence-corrected chi connectivity index (χ3v) is 5.13. The van der Waals surface area contributed by atoms with Crippen LogP contribution in [0.4, 0.5) is 0 Å². The number of ether oxygens (including phenoxy) is 1. The predicted octanol–water partition coefficient (Wildman–Crippen LogP) is 4.54. The summed E-state index contributed by atoms with van der Waals surface area (Å²) in [6.45, 7) is 4.91.